The fourth-order valence-corrected chi connectivity index (χ4v) is 4.60. The first kappa shape index (κ1) is 15.6. The molecule has 0 spiro atoms. The molecule has 0 radical (unpaired) electrons. The molecule has 118 valence electrons. The Balaban J connectivity index is 1.74. The number of hydrogen-bond donors (Lipinski definition) is 1. The molecule has 1 aromatic heterocycles. The summed E-state index contributed by atoms with van der Waals surface area (Å²) in [4.78, 5) is 17.6. The van der Waals surface area contributed by atoms with Gasteiger partial charge in [0.15, 0.2) is 0 Å². The molecule has 0 bridgehead atoms. The first-order chi connectivity index (χ1) is 10.4. The number of nitrogens with zero attached hydrogens (tertiary/aromatic N) is 1. The second-order valence-corrected chi connectivity index (χ2v) is 8.65. The number of nitrogens with one attached hydrogen (secondary N) is 1. The van der Waals surface area contributed by atoms with Gasteiger partial charge < -0.3 is 9.88 Å². The van der Waals surface area contributed by atoms with Crippen molar-refractivity contribution in [1.29, 1.82) is 0 Å². The summed E-state index contributed by atoms with van der Waals surface area (Å²) in [7, 11) is -0.845. The van der Waals surface area contributed by atoms with Crippen LogP contribution < -0.4 is 0 Å². The molecule has 3 rings (SSSR count). The molecule has 6 heteroatoms. The van der Waals surface area contributed by atoms with E-state index in [0.29, 0.717) is 24.5 Å². The van der Waals surface area contributed by atoms with E-state index in [1.807, 2.05) is 43.0 Å². The standard InChI is InChI=1S/C16H19ClN2O2S/c1-10-8-19(9-11(2)22(10)21)16(20)7-14-6-12-5-13(17)3-4-15(12)18-14/h3-6,10-11,18H,7-9H2,1-2H3. The Labute approximate surface area is 137 Å². The molecule has 2 unspecified atom stereocenters. The Kier molecular flexibility index (Phi) is 4.28. The Morgan fingerprint density at radius 3 is 2.68 bits per heavy atom. The Hall–Kier alpha value is -1.33. The van der Waals surface area contributed by atoms with Gasteiger partial charge in [-0.05, 0) is 38.1 Å². The molecule has 1 amide bonds. The van der Waals surface area contributed by atoms with Gasteiger partial charge in [-0.2, -0.15) is 0 Å². The fourth-order valence-electron chi connectivity index (χ4n) is 2.98. The van der Waals surface area contributed by atoms with E-state index < -0.39 is 10.8 Å². The maximum absolute atomic E-state index is 12.5. The lowest BCUT2D eigenvalue weighted by Crippen LogP contribution is -2.50. The maximum Gasteiger partial charge on any atom is 0.228 e. The molecule has 1 aliphatic heterocycles. The SMILES string of the molecule is CC1CN(C(=O)Cc2cc3cc(Cl)ccc3[nH]2)CC(C)S1=O. The molecule has 1 aromatic carbocycles. The molecule has 4 nitrogen and oxygen atoms in total. The van der Waals surface area contributed by atoms with Gasteiger partial charge in [-0.1, -0.05) is 11.6 Å². The highest BCUT2D eigenvalue weighted by Gasteiger charge is 2.31. The third kappa shape index (κ3) is 3.06. The smallest absolute Gasteiger partial charge is 0.228 e. The second kappa shape index (κ2) is 6.05. The van der Waals surface area contributed by atoms with Crippen molar-refractivity contribution in [3.63, 3.8) is 0 Å². The van der Waals surface area contributed by atoms with Crippen LogP contribution >= 0.6 is 11.6 Å². The number of rotatable bonds is 2. The van der Waals surface area contributed by atoms with Crippen LogP contribution in [0.5, 0.6) is 0 Å². The highest BCUT2D eigenvalue weighted by molar-refractivity contribution is 7.86. The van der Waals surface area contributed by atoms with Crippen molar-refractivity contribution in [3.05, 3.63) is 35.0 Å². The topological polar surface area (TPSA) is 53.2 Å². The number of aromatic nitrogens is 1. The lowest BCUT2D eigenvalue weighted by molar-refractivity contribution is -0.130. The summed E-state index contributed by atoms with van der Waals surface area (Å²) in [5.41, 5.74) is 1.86. The van der Waals surface area contributed by atoms with Gasteiger partial charge in [0, 0.05) is 56.0 Å². The van der Waals surface area contributed by atoms with Crippen LogP contribution in [0.1, 0.15) is 19.5 Å². The van der Waals surface area contributed by atoms with Crippen molar-refractivity contribution in [3.8, 4) is 0 Å². The molecule has 1 N–H and O–H groups in total. The van der Waals surface area contributed by atoms with Crippen LogP contribution in [0.15, 0.2) is 24.3 Å². The van der Waals surface area contributed by atoms with E-state index >= 15 is 0 Å². The lowest BCUT2D eigenvalue weighted by atomic mass is 10.2. The molecular formula is C16H19ClN2O2S. The largest absolute Gasteiger partial charge is 0.358 e. The van der Waals surface area contributed by atoms with Crippen LogP contribution in [0.25, 0.3) is 10.9 Å². The molecule has 0 aliphatic carbocycles. The maximum atomic E-state index is 12.5. The quantitative estimate of drug-likeness (QED) is 0.915. The van der Waals surface area contributed by atoms with Gasteiger partial charge in [-0.15, -0.1) is 0 Å². The van der Waals surface area contributed by atoms with Gasteiger partial charge in [0.2, 0.25) is 5.91 Å². The molecule has 0 saturated carbocycles. The second-order valence-electron chi connectivity index (χ2n) is 5.95. The Morgan fingerprint density at radius 2 is 2.00 bits per heavy atom. The van der Waals surface area contributed by atoms with Crippen molar-refractivity contribution in [1.82, 2.24) is 9.88 Å². The van der Waals surface area contributed by atoms with Gasteiger partial charge in [0.25, 0.3) is 0 Å². The zero-order valence-corrected chi connectivity index (χ0v) is 14.2. The predicted molar refractivity (Wildman–Crippen MR) is 90.7 cm³/mol. The zero-order chi connectivity index (χ0) is 15.9. The zero-order valence-electron chi connectivity index (χ0n) is 12.6. The van der Waals surface area contributed by atoms with E-state index in [9.17, 15) is 9.00 Å². The minimum atomic E-state index is -0.845. The summed E-state index contributed by atoms with van der Waals surface area (Å²) in [5.74, 6) is 0.0769. The first-order valence-electron chi connectivity index (χ1n) is 7.38. The van der Waals surface area contributed by atoms with E-state index in [0.717, 1.165) is 16.6 Å². The molecule has 2 aromatic rings. The van der Waals surface area contributed by atoms with Gasteiger partial charge in [-0.25, -0.2) is 0 Å². The highest BCUT2D eigenvalue weighted by Crippen LogP contribution is 2.21. The number of aromatic amines is 1. The van der Waals surface area contributed by atoms with Gasteiger partial charge in [-0.3, -0.25) is 9.00 Å². The third-order valence-electron chi connectivity index (χ3n) is 4.08. The van der Waals surface area contributed by atoms with Gasteiger partial charge in [0.1, 0.15) is 0 Å². The van der Waals surface area contributed by atoms with Crippen LogP contribution in [0, 0.1) is 0 Å². The summed E-state index contributed by atoms with van der Waals surface area (Å²) in [6.45, 7) is 5.03. The summed E-state index contributed by atoms with van der Waals surface area (Å²) in [6, 6.07) is 7.60. The summed E-state index contributed by atoms with van der Waals surface area (Å²) in [5, 5.41) is 1.77. The number of H-pyrrole nitrogens is 1. The highest BCUT2D eigenvalue weighted by atomic mass is 35.5. The van der Waals surface area contributed by atoms with E-state index in [4.69, 9.17) is 11.6 Å². The summed E-state index contributed by atoms with van der Waals surface area (Å²) in [6.07, 6.45) is 0.332. The number of benzene rings is 1. The average molecular weight is 339 g/mol. The van der Waals surface area contributed by atoms with E-state index in [1.54, 1.807) is 0 Å². The molecule has 2 atom stereocenters. The molecule has 1 fully saturated rings. The van der Waals surface area contributed by atoms with Gasteiger partial charge in [0.05, 0.1) is 6.42 Å². The predicted octanol–water partition coefficient (Wildman–Crippen LogP) is 2.73. The monoisotopic (exact) mass is 338 g/mol. The summed E-state index contributed by atoms with van der Waals surface area (Å²) >= 11 is 5.98. The molecular weight excluding hydrogens is 320 g/mol. The van der Waals surface area contributed by atoms with E-state index in [2.05, 4.69) is 4.98 Å². The van der Waals surface area contributed by atoms with E-state index in [1.165, 1.54) is 0 Å². The number of carbonyl (C=O) groups excluding carboxylic acids is 1. The first-order valence-corrected chi connectivity index (χ1v) is 9.04. The van der Waals surface area contributed by atoms with Crippen molar-refractivity contribution in [2.24, 2.45) is 0 Å². The van der Waals surface area contributed by atoms with Crippen molar-refractivity contribution < 1.29 is 9.00 Å². The lowest BCUT2D eigenvalue weighted by Gasteiger charge is -2.34. The molecule has 1 aliphatic rings. The van der Waals surface area contributed by atoms with Crippen molar-refractivity contribution >= 4 is 39.2 Å². The minimum absolute atomic E-state index is 0.0363. The summed E-state index contributed by atoms with van der Waals surface area (Å²) < 4.78 is 12.0. The Morgan fingerprint density at radius 1 is 1.32 bits per heavy atom. The minimum Gasteiger partial charge on any atom is -0.358 e. The molecule has 22 heavy (non-hydrogen) atoms. The van der Waals surface area contributed by atoms with Crippen molar-refractivity contribution in [2.75, 3.05) is 13.1 Å². The van der Waals surface area contributed by atoms with Gasteiger partial charge >= 0.3 is 0 Å². The Bertz CT molecular complexity index is 729. The van der Waals surface area contributed by atoms with Crippen LogP contribution in [0.3, 0.4) is 0 Å². The van der Waals surface area contributed by atoms with Crippen molar-refractivity contribution in [2.45, 2.75) is 30.8 Å². The van der Waals surface area contributed by atoms with Crippen LogP contribution in [0.4, 0.5) is 0 Å². The van der Waals surface area contributed by atoms with E-state index in [-0.39, 0.29) is 16.4 Å². The van der Waals surface area contributed by atoms with Crippen LogP contribution in [-0.4, -0.2) is 43.6 Å². The molecule has 1 saturated heterocycles. The number of amides is 1. The van der Waals surface area contributed by atoms with Crippen LogP contribution in [0.2, 0.25) is 5.02 Å². The van der Waals surface area contributed by atoms with Crippen LogP contribution in [-0.2, 0) is 22.0 Å². The number of carbonyl (C=O) groups is 1. The third-order valence-corrected chi connectivity index (χ3v) is 6.20. The number of halogens is 1. The number of fused-ring (bicyclic) bond motifs is 1. The average Bonchev–Trinajstić information content (AvgIpc) is 2.85. The normalized spacial score (nSPS) is 25.6. The fraction of sp³-hybridized carbons (Fsp3) is 0.438. The molecule has 2 heterocycles. The number of hydrogen-bond acceptors (Lipinski definition) is 2.